The molecule has 0 fully saturated rings. The van der Waals surface area contributed by atoms with Gasteiger partial charge in [-0.3, -0.25) is 4.79 Å². The Kier molecular flexibility index (Phi) is 4.34. The maximum absolute atomic E-state index is 13.3. The Balaban J connectivity index is 2.57. The van der Waals surface area contributed by atoms with E-state index in [9.17, 15) is 13.6 Å². The van der Waals surface area contributed by atoms with Crippen molar-refractivity contribution in [3.8, 4) is 0 Å². The van der Waals surface area contributed by atoms with E-state index in [1.54, 1.807) is 0 Å². The van der Waals surface area contributed by atoms with Crippen molar-refractivity contribution in [1.82, 2.24) is 5.32 Å². The van der Waals surface area contributed by atoms with Crippen LogP contribution < -0.4 is 5.32 Å². The van der Waals surface area contributed by atoms with E-state index in [-0.39, 0.29) is 29.9 Å². The number of benzene rings is 1. The van der Waals surface area contributed by atoms with Crippen LogP contribution in [0.25, 0.3) is 0 Å². The summed E-state index contributed by atoms with van der Waals surface area (Å²) in [6.45, 7) is 6.01. The molecule has 94 valence electrons. The van der Waals surface area contributed by atoms with Crippen molar-refractivity contribution in [3.63, 3.8) is 0 Å². The Morgan fingerprint density at radius 2 is 1.94 bits per heavy atom. The number of hydrogen-bond acceptors (Lipinski definition) is 2. The molecule has 0 saturated carbocycles. The molecule has 1 aromatic rings. The molecule has 1 rings (SSSR count). The lowest BCUT2D eigenvalue weighted by atomic mass is 10.1. The number of carbonyl (C=O) groups is 1. The molecular formula is C13H17F2NO. The smallest absolute Gasteiger partial charge is 0.151 e. The van der Waals surface area contributed by atoms with Gasteiger partial charge in [0.05, 0.1) is 6.54 Å². The van der Waals surface area contributed by atoms with Gasteiger partial charge >= 0.3 is 0 Å². The monoisotopic (exact) mass is 241 g/mol. The summed E-state index contributed by atoms with van der Waals surface area (Å²) in [4.78, 5) is 11.6. The molecule has 2 nitrogen and oxygen atoms in total. The SMILES string of the molecule is CC(C)(C)NCC(=O)Cc1ccc(F)cc1F. The van der Waals surface area contributed by atoms with E-state index < -0.39 is 11.6 Å². The van der Waals surface area contributed by atoms with Gasteiger partial charge in [-0.25, -0.2) is 8.78 Å². The van der Waals surface area contributed by atoms with E-state index in [1.807, 2.05) is 20.8 Å². The first-order chi connectivity index (χ1) is 7.78. The minimum Gasteiger partial charge on any atom is -0.305 e. The van der Waals surface area contributed by atoms with Crippen LogP contribution in [0.2, 0.25) is 0 Å². The summed E-state index contributed by atoms with van der Waals surface area (Å²) < 4.78 is 25.9. The van der Waals surface area contributed by atoms with Crippen molar-refractivity contribution in [2.24, 2.45) is 0 Å². The minimum absolute atomic E-state index is 0.0187. The molecule has 0 atom stereocenters. The summed E-state index contributed by atoms with van der Waals surface area (Å²) in [5.41, 5.74) is 0.0731. The van der Waals surface area contributed by atoms with Crippen LogP contribution in [0.1, 0.15) is 26.3 Å². The number of nitrogens with one attached hydrogen (secondary N) is 1. The lowest BCUT2D eigenvalue weighted by Gasteiger charge is -2.19. The van der Waals surface area contributed by atoms with E-state index in [0.717, 1.165) is 12.1 Å². The standard InChI is InChI=1S/C13H17F2NO/c1-13(2,3)16-8-11(17)6-9-4-5-10(14)7-12(9)15/h4-5,7,16H,6,8H2,1-3H3. The van der Waals surface area contributed by atoms with Crippen molar-refractivity contribution >= 4 is 5.78 Å². The van der Waals surface area contributed by atoms with Crippen molar-refractivity contribution in [3.05, 3.63) is 35.4 Å². The highest BCUT2D eigenvalue weighted by Gasteiger charge is 2.13. The zero-order valence-corrected chi connectivity index (χ0v) is 10.3. The van der Waals surface area contributed by atoms with Gasteiger partial charge in [0.25, 0.3) is 0 Å². The number of rotatable bonds is 4. The zero-order chi connectivity index (χ0) is 13.1. The Morgan fingerprint density at radius 1 is 1.29 bits per heavy atom. The molecule has 0 aliphatic rings. The first-order valence-corrected chi connectivity index (χ1v) is 5.48. The van der Waals surface area contributed by atoms with Gasteiger partial charge in [-0.05, 0) is 32.4 Å². The molecule has 0 spiro atoms. The first kappa shape index (κ1) is 13.8. The lowest BCUT2D eigenvalue weighted by molar-refractivity contribution is -0.117. The maximum atomic E-state index is 13.3. The first-order valence-electron chi connectivity index (χ1n) is 5.48. The Bertz CT molecular complexity index is 410. The number of halogens is 2. The van der Waals surface area contributed by atoms with Crippen molar-refractivity contribution in [1.29, 1.82) is 0 Å². The zero-order valence-electron chi connectivity index (χ0n) is 10.3. The number of Topliss-reactive ketones (excluding diaryl/α,β-unsaturated/α-hetero) is 1. The number of hydrogen-bond donors (Lipinski definition) is 1. The summed E-state index contributed by atoms with van der Waals surface area (Å²) >= 11 is 0. The van der Waals surface area contributed by atoms with Crippen molar-refractivity contribution in [2.45, 2.75) is 32.7 Å². The van der Waals surface area contributed by atoms with Gasteiger partial charge in [0.15, 0.2) is 5.78 Å². The van der Waals surface area contributed by atoms with Crippen LogP contribution in [-0.2, 0) is 11.2 Å². The van der Waals surface area contributed by atoms with E-state index in [1.165, 1.54) is 6.07 Å². The highest BCUT2D eigenvalue weighted by Crippen LogP contribution is 2.10. The van der Waals surface area contributed by atoms with Gasteiger partial charge in [0.2, 0.25) is 0 Å². The third kappa shape index (κ3) is 5.04. The Labute approximate surface area is 100 Å². The molecule has 0 unspecified atom stereocenters. The predicted octanol–water partition coefficient (Wildman–Crippen LogP) is 2.46. The molecule has 0 bridgehead atoms. The molecule has 17 heavy (non-hydrogen) atoms. The van der Waals surface area contributed by atoms with Gasteiger partial charge in [-0.15, -0.1) is 0 Å². The minimum atomic E-state index is -0.672. The molecule has 0 radical (unpaired) electrons. The second kappa shape index (κ2) is 5.36. The average Bonchev–Trinajstić information content (AvgIpc) is 2.18. The Hall–Kier alpha value is -1.29. The summed E-state index contributed by atoms with van der Waals surface area (Å²) in [5.74, 6) is -1.42. The van der Waals surface area contributed by atoms with Crippen LogP contribution in [0.5, 0.6) is 0 Å². The Morgan fingerprint density at radius 3 is 2.47 bits per heavy atom. The normalized spacial score (nSPS) is 11.6. The third-order valence-corrected chi connectivity index (χ3v) is 2.22. The second-order valence-electron chi connectivity index (χ2n) is 5.05. The van der Waals surface area contributed by atoms with Crippen LogP contribution >= 0.6 is 0 Å². The number of ketones is 1. The quantitative estimate of drug-likeness (QED) is 0.877. The van der Waals surface area contributed by atoms with E-state index in [0.29, 0.717) is 0 Å². The molecule has 0 amide bonds. The molecular weight excluding hydrogens is 224 g/mol. The van der Waals surface area contributed by atoms with Gasteiger partial charge in [-0.1, -0.05) is 6.07 Å². The summed E-state index contributed by atoms with van der Waals surface area (Å²) in [7, 11) is 0. The van der Waals surface area contributed by atoms with Crippen LogP contribution in [0.4, 0.5) is 8.78 Å². The van der Waals surface area contributed by atoms with Crippen LogP contribution in [0.15, 0.2) is 18.2 Å². The second-order valence-corrected chi connectivity index (χ2v) is 5.05. The van der Waals surface area contributed by atoms with E-state index in [4.69, 9.17) is 0 Å². The fourth-order valence-electron chi connectivity index (χ4n) is 1.30. The lowest BCUT2D eigenvalue weighted by Crippen LogP contribution is -2.39. The molecule has 0 saturated heterocycles. The molecule has 4 heteroatoms. The summed E-state index contributed by atoms with van der Waals surface area (Å²) in [6, 6.07) is 3.25. The van der Waals surface area contributed by atoms with E-state index in [2.05, 4.69) is 5.32 Å². The molecule has 1 N–H and O–H groups in total. The highest BCUT2D eigenvalue weighted by atomic mass is 19.1. The maximum Gasteiger partial charge on any atom is 0.151 e. The predicted molar refractivity (Wildman–Crippen MR) is 62.8 cm³/mol. The van der Waals surface area contributed by atoms with Crippen LogP contribution in [0, 0.1) is 11.6 Å². The van der Waals surface area contributed by atoms with Gasteiger partial charge < -0.3 is 5.32 Å². The molecule has 1 aromatic carbocycles. The largest absolute Gasteiger partial charge is 0.305 e. The molecule has 0 heterocycles. The van der Waals surface area contributed by atoms with E-state index >= 15 is 0 Å². The molecule has 0 aliphatic heterocycles. The van der Waals surface area contributed by atoms with Gasteiger partial charge in [0.1, 0.15) is 11.6 Å². The van der Waals surface area contributed by atoms with Gasteiger partial charge in [-0.2, -0.15) is 0 Å². The summed E-state index contributed by atoms with van der Waals surface area (Å²) in [5, 5.41) is 3.03. The van der Waals surface area contributed by atoms with Gasteiger partial charge in [0, 0.05) is 18.0 Å². The number of carbonyl (C=O) groups excluding carboxylic acids is 1. The average molecular weight is 241 g/mol. The highest BCUT2D eigenvalue weighted by molar-refractivity contribution is 5.82. The van der Waals surface area contributed by atoms with Crippen LogP contribution in [0.3, 0.4) is 0 Å². The van der Waals surface area contributed by atoms with Crippen molar-refractivity contribution in [2.75, 3.05) is 6.54 Å². The van der Waals surface area contributed by atoms with Crippen molar-refractivity contribution < 1.29 is 13.6 Å². The third-order valence-electron chi connectivity index (χ3n) is 2.22. The fourth-order valence-corrected chi connectivity index (χ4v) is 1.30. The fraction of sp³-hybridized carbons (Fsp3) is 0.462. The molecule has 0 aromatic heterocycles. The molecule has 0 aliphatic carbocycles. The topological polar surface area (TPSA) is 29.1 Å². The summed E-state index contributed by atoms with van der Waals surface area (Å²) in [6.07, 6.45) is -0.0187. The van der Waals surface area contributed by atoms with Crippen LogP contribution in [-0.4, -0.2) is 17.9 Å².